The van der Waals surface area contributed by atoms with Crippen LogP contribution in [0, 0.1) is 5.92 Å². The maximum absolute atomic E-state index is 12.8. The molecule has 154 valence electrons. The third-order valence-electron chi connectivity index (χ3n) is 4.84. The number of sulfonamides is 1. The first-order valence-corrected chi connectivity index (χ1v) is 10.9. The highest BCUT2D eigenvalue weighted by atomic mass is 32.2. The number of rotatable bonds is 6. The summed E-state index contributed by atoms with van der Waals surface area (Å²) < 4.78 is 27.0. The van der Waals surface area contributed by atoms with Crippen LogP contribution in [0.5, 0.6) is 0 Å². The third kappa shape index (κ3) is 5.18. The monoisotopic (exact) mass is 416 g/mol. The van der Waals surface area contributed by atoms with Crippen molar-refractivity contribution in [3.8, 4) is 0 Å². The number of anilines is 1. The summed E-state index contributed by atoms with van der Waals surface area (Å²) in [4.78, 5) is 29.0. The van der Waals surface area contributed by atoms with Crippen molar-refractivity contribution < 1.29 is 18.0 Å². The average molecular weight is 417 g/mol. The molecule has 2 N–H and O–H groups in total. The van der Waals surface area contributed by atoms with E-state index in [1.807, 2.05) is 0 Å². The van der Waals surface area contributed by atoms with Gasteiger partial charge in [-0.25, -0.2) is 8.42 Å². The van der Waals surface area contributed by atoms with Crippen LogP contribution in [0.1, 0.15) is 19.8 Å². The zero-order valence-electron chi connectivity index (χ0n) is 16.1. The quantitative estimate of drug-likeness (QED) is 0.744. The molecule has 8 nitrogen and oxygen atoms in total. The van der Waals surface area contributed by atoms with E-state index < -0.39 is 22.0 Å². The van der Waals surface area contributed by atoms with Crippen LogP contribution in [0.4, 0.5) is 5.69 Å². The second kappa shape index (κ2) is 9.15. The van der Waals surface area contributed by atoms with Crippen molar-refractivity contribution >= 4 is 27.5 Å². The van der Waals surface area contributed by atoms with Crippen LogP contribution in [0.2, 0.25) is 0 Å². The Bertz CT molecular complexity index is 951. The van der Waals surface area contributed by atoms with Gasteiger partial charge in [-0.15, -0.1) is 0 Å². The molecule has 0 spiro atoms. The van der Waals surface area contributed by atoms with Crippen molar-refractivity contribution in [2.24, 2.45) is 5.92 Å². The van der Waals surface area contributed by atoms with Gasteiger partial charge in [0.05, 0.1) is 10.8 Å². The van der Waals surface area contributed by atoms with Gasteiger partial charge in [-0.3, -0.25) is 14.6 Å². The molecule has 0 unspecified atom stereocenters. The minimum atomic E-state index is -3.65. The molecular formula is C20H24N4O4S. The normalized spacial score (nSPS) is 18.6. The molecule has 0 radical (unpaired) electrons. The van der Waals surface area contributed by atoms with Gasteiger partial charge in [0.15, 0.2) is 0 Å². The second-order valence-corrected chi connectivity index (χ2v) is 8.91. The molecule has 0 aliphatic carbocycles. The molecule has 1 aromatic heterocycles. The van der Waals surface area contributed by atoms with Crippen LogP contribution >= 0.6 is 0 Å². The summed E-state index contributed by atoms with van der Waals surface area (Å²) in [5, 5.41) is 5.40. The van der Waals surface area contributed by atoms with Crippen molar-refractivity contribution in [2.75, 3.05) is 18.4 Å². The molecule has 29 heavy (non-hydrogen) atoms. The number of piperidine rings is 1. The Morgan fingerprint density at radius 2 is 1.83 bits per heavy atom. The molecule has 1 aliphatic rings. The highest BCUT2D eigenvalue weighted by molar-refractivity contribution is 7.89. The van der Waals surface area contributed by atoms with E-state index in [-0.39, 0.29) is 23.3 Å². The van der Waals surface area contributed by atoms with Crippen molar-refractivity contribution in [1.82, 2.24) is 14.6 Å². The second-order valence-electron chi connectivity index (χ2n) is 6.97. The van der Waals surface area contributed by atoms with Gasteiger partial charge in [-0.2, -0.15) is 4.31 Å². The first-order valence-electron chi connectivity index (χ1n) is 9.44. The average Bonchev–Trinajstić information content (AvgIpc) is 2.75. The summed E-state index contributed by atoms with van der Waals surface area (Å²) in [6.45, 7) is 2.07. The van der Waals surface area contributed by atoms with Crippen molar-refractivity contribution in [1.29, 1.82) is 0 Å². The lowest BCUT2D eigenvalue weighted by Gasteiger charge is -2.31. The SMILES string of the molecule is C[C@H](NC(=O)[C@@H]1CCCN(S(=O)(=O)c2ccccc2)C1)C(=O)Nc1ccncc1. The molecule has 0 saturated carbocycles. The fourth-order valence-corrected chi connectivity index (χ4v) is 4.74. The molecule has 1 aliphatic heterocycles. The number of nitrogens with one attached hydrogen (secondary N) is 2. The molecule has 1 fully saturated rings. The lowest BCUT2D eigenvalue weighted by atomic mass is 9.98. The summed E-state index contributed by atoms with van der Waals surface area (Å²) in [6.07, 6.45) is 4.28. The number of nitrogens with zero attached hydrogens (tertiary/aromatic N) is 2. The topological polar surface area (TPSA) is 108 Å². The van der Waals surface area contributed by atoms with Crippen LogP contribution in [-0.4, -0.2) is 48.7 Å². The summed E-state index contributed by atoms with van der Waals surface area (Å²) in [5.74, 6) is -1.18. The van der Waals surface area contributed by atoms with E-state index in [0.717, 1.165) is 0 Å². The molecule has 0 bridgehead atoms. The molecule has 2 atom stereocenters. The van der Waals surface area contributed by atoms with Gasteiger partial charge in [0.2, 0.25) is 21.8 Å². The van der Waals surface area contributed by atoms with Gasteiger partial charge in [0.25, 0.3) is 0 Å². The van der Waals surface area contributed by atoms with E-state index in [4.69, 9.17) is 0 Å². The molecule has 2 amide bonds. The number of benzene rings is 1. The standard InChI is InChI=1S/C20H24N4O4S/c1-15(19(25)23-17-9-11-21-12-10-17)22-20(26)16-6-5-13-24(14-16)29(27,28)18-7-3-2-4-8-18/h2-4,7-12,15-16H,5-6,13-14H2,1H3,(H,22,26)(H,21,23,25)/t15-,16+/m0/s1. The Hall–Kier alpha value is -2.78. The lowest BCUT2D eigenvalue weighted by Crippen LogP contribution is -2.49. The van der Waals surface area contributed by atoms with Crippen LogP contribution in [0.3, 0.4) is 0 Å². The number of aromatic nitrogens is 1. The largest absolute Gasteiger partial charge is 0.344 e. The maximum Gasteiger partial charge on any atom is 0.246 e. The van der Waals surface area contributed by atoms with Crippen molar-refractivity contribution in [3.63, 3.8) is 0 Å². The molecule has 9 heteroatoms. The number of hydrogen-bond donors (Lipinski definition) is 2. The minimum Gasteiger partial charge on any atom is -0.344 e. The van der Waals surface area contributed by atoms with Gasteiger partial charge in [0, 0.05) is 31.2 Å². The third-order valence-corrected chi connectivity index (χ3v) is 6.72. The van der Waals surface area contributed by atoms with E-state index in [9.17, 15) is 18.0 Å². The van der Waals surface area contributed by atoms with Crippen LogP contribution < -0.4 is 10.6 Å². The van der Waals surface area contributed by atoms with Gasteiger partial charge >= 0.3 is 0 Å². The predicted molar refractivity (Wildman–Crippen MR) is 108 cm³/mol. The summed E-state index contributed by atoms with van der Waals surface area (Å²) >= 11 is 0. The number of amides is 2. The summed E-state index contributed by atoms with van der Waals surface area (Å²) in [5.41, 5.74) is 0.587. The molecule has 1 saturated heterocycles. The van der Waals surface area contributed by atoms with Crippen LogP contribution in [0.25, 0.3) is 0 Å². The Morgan fingerprint density at radius 1 is 1.14 bits per heavy atom. The number of carbonyl (C=O) groups excluding carboxylic acids is 2. The minimum absolute atomic E-state index is 0.0990. The number of carbonyl (C=O) groups is 2. The fourth-order valence-electron chi connectivity index (χ4n) is 3.20. The Labute approximate surface area is 170 Å². The van der Waals surface area contributed by atoms with E-state index in [1.165, 1.54) is 4.31 Å². The van der Waals surface area contributed by atoms with Crippen molar-refractivity contribution in [3.05, 3.63) is 54.9 Å². The Morgan fingerprint density at radius 3 is 2.52 bits per heavy atom. The van der Waals surface area contributed by atoms with E-state index in [1.54, 1.807) is 61.8 Å². The summed E-state index contributed by atoms with van der Waals surface area (Å²) in [7, 11) is -3.65. The van der Waals surface area contributed by atoms with E-state index >= 15 is 0 Å². The summed E-state index contributed by atoms with van der Waals surface area (Å²) in [6, 6.07) is 10.7. The molecule has 2 aromatic rings. The predicted octanol–water partition coefficient (Wildman–Crippen LogP) is 1.63. The van der Waals surface area contributed by atoms with Crippen molar-refractivity contribution in [2.45, 2.75) is 30.7 Å². The number of hydrogen-bond acceptors (Lipinski definition) is 5. The zero-order valence-corrected chi connectivity index (χ0v) is 16.9. The van der Waals surface area contributed by atoms with E-state index in [2.05, 4.69) is 15.6 Å². The molecule has 1 aromatic carbocycles. The van der Waals surface area contributed by atoms with E-state index in [0.29, 0.717) is 25.1 Å². The fraction of sp³-hybridized carbons (Fsp3) is 0.350. The van der Waals surface area contributed by atoms with Crippen LogP contribution in [-0.2, 0) is 19.6 Å². The van der Waals surface area contributed by atoms with Gasteiger partial charge < -0.3 is 10.6 Å². The molecule has 3 rings (SSSR count). The smallest absolute Gasteiger partial charge is 0.246 e. The zero-order chi connectivity index (χ0) is 20.9. The first kappa shape index (κ1) is 20.9. The first-order chi connectivity index (χ1) is 13.9. The lowest BCUT2D eigenvalue weighted by molar-refractivity contribution is -0.129. The molecular weight excluding hydrogens is 392 g/mol. The van der Waals surface area contributed by atoms with Gasteiger partial charge in [-0.1, -0.05) is 18.2 Å². The maximum atomic E-state index is 12.8. The van der Waals surface area contributed by atoms with Gasteiger partial charge in [-0.05, 0) is 44.0 Å². The highest BCUT2D eigenvalue weighted by Crippen LogP contribution is 2.24. The van der Waals surface area contributed by atoms with Crippen LogP contribution in [0.15, 0.2) is 59.8 Å². The number of pyridine rings is 1. The molecule has 2 heterocycles. The van der Waals surface area contributed by atoms with Gasteiger partial charge in [0.1, 0.15) is 6.04 Å². The Balaban J connectivity index is 1.60. The Kier molecular flexibility index (Phi) is 6.60. The highest BCUT2D eigenvalue weighted by Gasteiger charge is 2.34.